The number of carbonyl (C=O) groups excluding carboxylic acids is 1. The van der Waals surface area contributed by atoms with Crippen LogP contribution < -0.4 is 0 Å². The summed E-state index contributed by atoms with van der Waals surface area (Å²) < 4.78 is 4.69. The lowest BCUT2D eigenvalue weighted by Gasteiger charge is -2.30. The summed E-state index contributed by atoms with van der Waals surface area (Å²) in [6.07, 6.45) is 3.73. The average Bonchev–Trinajstić information content (AvgIpc) is 2.87. The molecule has 3 heteroatoms. The number of aliphatic hydroxyl groups is 1. The van der Waals surface area contributed by atoms with E-state index in [9.17, 15) is 9.90 Å². The highest BCUT2D eigenvalue weighted by Crippen LogP contribution is 2.40. The van der Waals surface area contributed by atoms with E-state index in [0.29, 0.717) is 12.3 Å². The maximum Gasteiger partial charge on any atom is 0.311 e. The largest absolute Gasteiger partial charge is 0.469 e. The van der Waals surface area contributed by atoms with Gasteiger partial charge in [0.15, 0.2) is 0 Å². The number of hydrogen-bond donors (Lipinski definition) is 1. The molecule has 0 amide bonds. The van der Waals surface area contributed by atoms with E-state index >= 15 is 0 Å². The Morgan fingerprint density at radius 2 is 2.21 bits per heavy atom. The zero-order valence-corrected chi connectivity index (χ0v) is 9.25. The first-order valence-electron chi connectivity index (χ1n) is 5.31. The van der Waals surface area contributed by atoms with Crippen molar-refractivity contribution >= 4 is 5.97 Å². The van der Waals surface area contributed by atoms with Gasteiger partial charge in [-0.15, -0.1) is 0 Å². The molecule has 0 bridgehead atoms. The molecule has 1 rings (SSSR count). The molecule has 0 heterocycles. The number of carbonyl (C=O) groups is 1. The topological polar surface area (TPSA) is 46.5 Å². The van der Waals surface area contributed by atoms with Crippen LogP contribution in [0.4, 0.5) is 0 Å². The normalized spacial score (nSPS) is 22.6. The minimum Gasteiger partial charge on any atom is -0.469 e. The molecule has 14 heavy (non-hydrogen) atoms. The van der Waals surface area contributed by atoms with E-state index in [4.69, 9.17) is 4.74 Å². The van der Waals surface area contributed by atoms with Crippen LogP contribution in [0.1, 0.15) is 39.5 Å². The highest BCUT2D eigenvalue weighted by Gasteiger charge is 2.40. The molecule has 2 unspecified atom stereocenters. The van der Waals surface area contributed by atoms with Gasteiger partial charge in [0.05, 0.1) is 18.6 Å². The van der Waals surface area contributed by atoms with Gasteiger partial charge in [-0.25, -0.2) is 0 Å². The van der Waals surface area contributed by atoms with E-state index in [1.165, 1.54) is 20.0 Å². The summed E-state index contributed by atoms with van der Waals surface area (Å²) in [7, 11) is 1.37. The number of ether oxygens (including phenoxy) is 1. The second-order valence-corrected chi connectivity index (χ2v) is 4.49. The first kappa shape index (κ1) is 11.5. The maximum absolute atomic E-state index is 11.4. The minimum atomic E-state index is -0.900. The summed E-state index contributed by atoms with van der Waals surface area (Å²) in [5, 5.41) is 10.2. The molecule has 1 aliphatic rings. The third-order valence-corrected chi connectivity index (χ3v) is 3.04. The Hall–Kier alpha value is -0.570. The second kappa shape index (κ2) is 4.30. The lowest BCUT2D eigenvalue weighted by Crippen LogP contribution is -2.40. The fraction of sp³-hybridized carbons (Fsp3) is 0.909. The third kappa shape index (κ3) is 2.71. The van der Waals surface area contributed by atoms with Crippen molar-refractivity contribution in [2.75, 3.05) is 7.11 Å². The lowest BCUT2D eigenvalue weighted by atomic mass is 9.83. The van der Waals surface area contributed by atoms with Gasteiger partial charge < -0.3 is 9.84 Å². The first-order chi connectivity index (χ1) is 6.51. The molecule has 0 aromatic rings. The molecule has 3 nitrogen and oxygen atoms in total. The van der Waals surface area contributed by atoms with E-state index < -0.39 is 5.60 Å². The van der Waals surface area contributed by atoms with Gasteiger partial charge in [-0.05, 0) is 25.7 Å². The zero-order chi connectivity index (χ0) is 10.8. The van der Waals surface area contributed by atoms with Gasteiger partial charge in [0.2, 0.25) is 0 Å². The standard InChI is InChI=1S/C11H20O3/c1-4-9(10(12)14-3)11(2,13)7-8-5-6-8/h8-9,13H,4-7H2,1-3H3. The van der Waals surface area contributed by atoms with Crippen molar-refractivity contribution < 1.29 is 14.6 Å². The number of rotatable bonds is 5. The average molecular weight is 200 g/mol. The van der Waals surface area contributed by atoms with Crippen LogP contribution in [0, 0.1) is 11.8 Å². The van der Waals surface area contributed by atoms with Crippen molar-refractivity contribution in [1.82, 2.24) is 0 Å². The molecule has 1 N–H and O–H groups in total. The van der Waals surface area contributed by atoms with Crippen molar-refractivity contribution in [3.8, 4) is 0 Å². The van der Waals surface area contributed by atoms with Gasteiger partial charge >= 0.3 is 5.97 Å². The van der Waals surface area contributed by atoms with Gasteiger partial charge in [0, 0.05) is 0 Å². The number of hydrogen-bond acceptors (Lipinski definition) is 3. The Morgan fingerprint density at radius 1 is 1.64 bits per heavy atom. The molecular formula is C11H20O3. The smallest absolute Gasteiger partial charge is 0.311 e. The van der Waals surface area contributed by atoms with Crippen LogP contribution in [0.5, 0.6) is 0 Å². The SMILES string of the molecule is CCC(C(=O)OC)C(C)(O)CC1CC1. The van der Waals surface area contributed by atoms with Crippen LogP contribution in [0.2, 0.25) is 0 Å². The molecule has 1 aliphatic carbocycles. The van der Waals surface area contributed by atoms with Gasteiger partial charge in [-0.3, -0.25) is 4.79 Å². The molecule has 0 aromatic carbocycles. The van der Waals surface area contributed by atoms with E-state index in [-0.39, 0.29) is 11.9 Å². The molecule has 0 radical (unpaired) electrons. The number of esters is 1. The molecule has 0 saturated heterocycles. The molecule has 1 fully saturated rings. The fourth-order valence-corrected chi connectivity index (χ4v) is 2.05. The molecule has 1 saturated carbocycles. The summed E-state index contributed by atoms with van der Waals surface area (Å²) >= 11 is 0. The highest BCUT2D eigenvalue weighted by atomic mass is 16.5. The van der Waals surface area contributed by atoms with Crippen LogP contribution in [-0.4, -0.2) is 23.8 Å². The van der Waals surface area contributed by atoms with Gasteiger partial charge in [0.25, 0.3) is 0 Å². The van der Waals surface area contributed by atoms with E-state index in [1.807, 2.05) is 6.92 Å². The molecule has 0 aliphatic heterocycles. The quantitative estimate of drug-likeness (QED) is 0.687. The van der Waals surface area contributed by atoms with Crippen molar-refractivity contribution in [2.45, 2.75) is 45.1 Å². The summed E-state index contributed by atoms with van der Waals surface area (Å²) in [5.41, 5.74) is -0.900. The van der Waals surface area contributed by atoms with Crippen LogP contribution in [0.25, 0.3) is 0 Å². The predicted molar refractivity (Wildman–Crippen MR) is 53.8 cm³/mol. The Bertz CT molecular complexity index is 207. The van der Waals surface area contributed by atoms with Gasteiger partial charge in [0.1, 0.15) is 0 Å². The minimum absolute atomic E-state index is 0.293. The van der Waals surface area contributed by atoms with Crippen molar-refractivity contribution in [1.29, 1.82) is 0 Å². The van der Waals surface area contributed by atoms with Crippen molar-refractivity contribution in [3.63, 3.8) is 0 Å². The first-order valence-corrected chi connectivity index (χ1v) is 5.31. The Labute approximate surface area is 85.5 Å². The van der Waals surface area contributed by atoms with Crippen LogP contribution in [0.3, 0.4) is 0 Å². The summed E-state index contributed by atoms with van der Waals surface area (Å²) in [6, 6.07) is 0. The highest BCUT2D eigenvalue weighted by molar-refractivity contribution is 5.73. The number of methoxy groups -OCH3 is 1. The van der Waals surface area contributed by atoms with E-state index in [0.717, 1.165) is 6.42 Å². The van der Waals surface area contributed by atoms with Gasteiger partial charge in [-0.2, -0.15) is 0 Å². The van der Waals surface area contributed by atoms with E-state index in [1.54, 1.807) is 6.92 Å². The van der Waals surface area contributed by atoms with Crippen LogP contribution >= 0.6 is 0 Å². The summed E-state index contributed by atoms with van der Waals surface area (Å²) in [4.78, 5) is 11.4. The van der Waals surface area contributed by atoms with Crippen molar-refractivity contribution in [3.05, 3.63) is 0 Å². The third-order valence-electron chi connectivity index (χ3n) is 3.04. The van der Waals surface area contributed by atoms with Crippen LogP contribution in [-0.2, 0) is 9.53 Å². The molecule has 82 valence electrons. The molecular weight excluding hydrogens is 180 g/mol. The summed E-state index contributed by atoms with van der Waals surface area (Å²) in [6.45, 7) is 3.65. The molecule has 2 atom stereocenters. The Morgan fingerprint density at radius 3 is 2.57 bits per heavy atom. The second-order valence-electron chi connectivity index (χ2n) is 4.49. The molecule has 0 aromatic heterocycles. The van der Waals surface area contributed by atoms with E-state index in [2.05, 4.69) is 0 Å². The summed E-state index contributed by atoms with van der Waals surface area (Å²) in [5.74, 6) is -0.0602. The van der Waals surface area contributed by atoms with Crippen LogP contribution in [0.15, 0.2) is 0 Å². The fourth-order valence-electron chi connectivity index (χ4n) is 2.05. The monoisotopic (exact) mass is 200 g/mol. The zero-order valence-electron chi connectivity index (χ0n) is 9.25. The Kier molecular flexibility index (Phi) is 3.53. The molecule has 0 spiro atoms. The Balaban J connectivity index is 2.59. The van der Waals surface area contributed by atoms with Gasteiger partial charge in [-0.1, -0.05) is 19.8 Å². The maximum atomic E-state index is 11.4. The lowest BCUT2D eigenvalue weighted by molar-refractivity contribution is -0.155. The predicted octanol–water partition coefficient (Wildman–Crippen LogP) is 1.74. The van der Waals surface area contributed by atoms with Crippen molar-refractivity contribution in [2.24, 2.45) is 11.8 Å².